The number of oxime groups is 1. The third-order valence-corrected chi connectivity index (χ3v) is 6.26. The predicted octanol–water partition coefficient (Wildman–Crippen LogP) is 3.42. The summed E-state index contributed by atoms with van der Waals surface area (Å²) in [5.41, 5.74) is 1.32. The number of thioether (sulfide) groups is 1. The topological polar surface area (TPSA) is 94.9 Å². The summed E-state index contributed by atoms with van der Waals surface area (Å²) in [5, 5.41) is 3.26. The van der Waals surface area contributed by atoms with Crippen molar-refractivity contribution in [3.63, 3.8) is 0 Å². The minimum atomic E-state index is -4.01. The van der Waals surface area contributed by atoms with E-state index in [9.17, 15) is 13.2 Å². The van der Waals surface area contributed by atoms with Crippen LogP contribution in [0.1, 0.15) is 5.56 Å². The number of methoxy groups -OCH3 is 1. The Hall–Kier alpha value is -2.43. The lowest BCUT2D eigenvalue weighted by Gasteiger charge is -2.04. The van der Waals surface area contributed by atoms with Gasteiger partial charge in [-0.15, -0.1) is 11.3 Å². The van der Waals surface area contributed by atoms with Crippen molar-refractivity contribution in [2.45, 2.75) is 10.1 Å². The Morgan fingerprint density at radius 3 is 2.56 bits per heavy atom. The quantitative estimate of drug-likeness (QED) is 0.204. The first-order valence-corrected chi connectivity index (χ1v) is 10.8. The van der Waals surface area contributed by atoms with Gasteiger partial charge in [-0.3, -0.25) is 4.28 Å². The van der Waals surface area contributed by atoms with E-state index in [1.807, 2.05) is 24.3 Å². The number of aromatic nitrogens is 1. The first-order chi connectivity index (χ1) is 13.0. The van der Waals surface area contributed by atoms with Crippen LogP contribution in [0.15, 0.2) is 64.1 Å². The van der Waals surface area contributed by atoms with Crippen molar-refractivity contribution in [2.75, 3.05) is 7.11 Å². The van der Waals surface area contributed by atoms with Gasteiger partial charge in [0.05, 0.1) is 17.3 Å². The third kappa shape index (κ3) is 5.28. The van der Waals surface area contributed by atoms with Crippen molar-refractivity contribution < 1.29 is 22.2 Å². The van der Waals surface area contributed by atoms with Crippen LogP contribution in [0, 0.1) is 0 Å². The van der Waals surface area contributed by atoms with Gasteiger partial charge in [0.15, 0.2) is 4.34 Å². The molecule has 7 nitrogen and oxygen atoms in total. The van der Waals surface area contributed by atoms with E-state index >= 15 is 0 Å². The number of rotatable bonds is 5. The normalized spacial score (nSPS) is 12.1. The van der Waals surface area contributed by atoms with Crippen molar-refractivity contribution in [1.82, 2.24) is 4.98 Å². The standard InChI is InChI=1S/C17H14N2O5S3/c1-23-16(20)15(26-17-18-13-9-5-6-10-14(13)25-17)19-24-27(21,22)11-12-7-3-2-4-8-12/h2-10H,11H2,1H3/b19-15-. The van der Waals surface area contributed by atoms with E-state index in [4.69, 9.17) is 0 Å². The SMILES string of the molecule is COC(=O)/C(=N/OS(=O)(=O)Cc1ccccc1)Sc1nc2ccccc2s1. The highest BCUT2D eigenvalue weighted by molar-refractivity contribution is 8.17. The largest absolute Gasteiger partial charge is 0.464 e. The Balaban J connectivity index is 1.78. The summed E-state index contributed by atoms with van der Waals surface area (Å²) in [6.07, 6.45) is 0. The second kappa shape index (κ2) is 8.51. The molecule has 0 saturated heterocycles. The van der Waals surface area contributed by atoms with Gasteiger partial charge in [-0.1, -0.05) is 47.6 Å². The van der Waals surface area contributed by atoms with Gasteiger partial charge < -0.3 is 4.74 Å². The average molecular weight is 423 g/mol. The van der Waals surface area contributed by atoms with E-state index in [2.05, 4.69) is 19.2 Å². The van der Waals surface area contributed by atoms with Gasteiger partial charge >= 0.3 is 16.1 Å². The van der Waals surface area contributed by atoms with Gasteiger partial charge in [0.2, 0.25) is 5.04 Å². The Morgan fingerprint density at radius 2 is 1.85 bits per heavy atom. The maximum atomic E-state index is 12.1. The molecule has 3 rings (SSSR count). The molecular weight excluding hydrogens is 408 g/mol. The summed E-state index contributed by atoms with van der Waals surface area (Å²) in [6, 6.07) is 16.0. The Morgan fingerprint density at radius 1 is 1.15 bits per heavy atom. The number of hydrogen-bond donors (Lipinski definition) is 0. The highest BCUT2D eigenvalue weighted by atomic mass is 32.2. The molecule has 0 amide bonds. The summed E-state index contributed by atoms with van der Waals surface area (Å²) >= 11 is 2.24. The van der Waals surface area contributed by atoms with Crippen LogP contribution in [0.25, 0.3) is 10.2 Å². The number of benzene rings is 2. The summed E-state index contributed by atoms with van der Waals surface area (Å²) < 4.78 is 35.0. The Kier molecular flexibility index (Phi) is 6.09. The summed E-state index contributed by atoms with van der Waals surface area (Å²) in [5.74, 6) is -1.17. The van der Waals surface area contributed by atoms with Crippen molar-refractivity contribution in [1.29, 1.82) is 0 Å². The van der Waals surface area contributed by atoms with Crippen LogP contribution in [-0.2, 0) is 29.7 Å². The minimum Gasteiger partial charge on any atom is -0.464 e. The maximum Gasteiger partial charge on any atom is 0.367 e. The fourth-order valence-electron chi connectivity index (χ4n) is 2.06. The fraction of sp³-hybridized carbons (Fsp3) is 0.118. The summed E-state index contributed by atoms with van der Waals surface area (Å²) in [4.78, 5) is 16.3. The molecule has 0 fully saturated rings. The van der Waals surface area contributed by atoms with Crippen LogP contribution in [-0.4, -0.2) is 31.5 Å². The zero-order chi connectivity index (χ0) is 19.3. The molecule has 140 valence electrons. The van der Waals surface area contributed by atoms with E-state index in [1.165, 1.54) is 18.4 Å². The van der Waals surface area contributed by atoms with E-state index in [0.717, 1.165) is 22.0 Å². The summed E-state index contributed by atoms with van der Waals surface area (Å²) in [6.45, 7) is 0. The number of thiazole rings is 1. The van der Waals surface area contributed by atoms with Crippen molar-refractivity contribution in [3.05, 3.63) is 60.2 Å². The second-order valence-corrected chi connectivity index (χ2v) is 9.02. The number of fused-ring (bicyclic) bond motifs is 1. The highest BCUT2D eigenvalue weighted by Crippen LogP contribution is 2.30. The number of esters is 1. The van der Waals surface area contributed by atoms with Gasteiger partial charge in [-0.05, 0) is 29.5 Å². The first-order valence-electron chi connectivity index (χ1n) is 7.62. The number of carbonyl (C=O) groups is 1. The van der Waals surface area contributed by atoms with Gasteiger partial charge in [-0.25, -0.2) is 9.78 Å². The van der Waals surface area contributed by atoms with Gasteiger partial charge in [-0.2, -0.15) is 8.42 Å². The average Bonchev–Trinajstić information content (AvgIpc) is 3.07. The lowest BCUT2D eigenvalue weighted by Crippen LogP contribution is -2.14. The second-order valence-electron chi connectivity index (χ2n) is 5.20. The molecule has 0 radical (unpaired) electrons. The molecule has 27 heavy (non-hydrogen) atoms. The molecule has 3 aromatic rings. The predicted molar refractivity (Wildman–Crippen MR) is 105 cm³/mol. The third-order valence-electron chi connectivity index (χ3n) is 3.24. The zero-order valence-electron chi connectivity index (χ0n) is 14.1. The maximum absolute atomic E-state index is 12.1. The van der Waals surface area contributed by atoms with Gasteiger partial charge in [0.1, 0.15) is 5.75 Å². The lowest BCUT2D eigenvalue weighted by atomic mass is 10.2. The van der Waals surface area contributed by atoms with Crippen LogP contribution in [0.5, 0.6) is 0 Å². The first kappa shape index (κ1) is 19.3. The molecule has 0 bridgehead atoms. The fourth-order valence-corrected chi connectivity index (χ4v) is 4.87. The number of carbonyl (C=O) groups excluding carboxylic acids is 1. The smallest absolute Gasteiger partial charge is 0.367 e. The molecule has 0 atom stereocenters. The van der Waals surface area contributed by atoms with Crippen molar-refractivity contribution in [2.24, 2.45) is 5.16 Å². The minimum absolute atomic E-state index is 0.256. The van der Waals surface area contributed by atoms with E-state index in [-0.39, 0.29) is 10.8 Å². The van der Waals surface area contributed by atoms with Crippen LogP contribution in [0.2, 0.25) is 0 Å². The number of hydrogen-bond acceptors (Lipinski definition) is 9. The summed E-state index contributed by atoms with van der Waals surface area (Å²) in [7, 11) is -2.84. The van der Waals surface area contributed by atoms with Crippen LogP contribution < -0.4 is 0 Å². The lowest BCUT2D eigenvalue weighted by molar-refractivity contribution is -0.132. The van der Waals surface area contributed by atoms with E-state index in [0.29, 0.717) is 9.90 Å². The van der Waals surface area contributed by atoms with Gasteiger partial charge in [0, 0.05) is 0 Å². The molecular formula is C17H14N2O5S3. The molecule has 0 aliphatic rings. The molecule has 10 heteroatoms. The monoisotopic (exact) mass is 422 g/mol. The zero-order valence-corrected chi connectivity index (χ0v) is 16.5. The molecule has 0 unspecified atom stereocenters. The number of para-hydroxylation sites is 1. The van der Waals surface area contributed by atoms with Crippen LogP contribution in [0.3, 0.4) is 0 Å². The Labute approximate surface area is 164 Å². The van der Waals surface area contributed by atoms with Crippen molar-refractivity contribution >= 4 is 54.4 Å². The molecule has 1 heterocycles. The van der Waals surface area contributed by atoms with E-state index in [1.54, 1.807) is 30.3 Å². The number of nitrogens with zero attached hydrogens (tertiary/aromatic N) is 2. The Bertz CT molecular complexity index is 1050. The molecule has 0 aliphatic heterocycles. The molecule has 0 spiro atoms. The highest BCUT2D eigenvalue weighted by Gasteiger charge is 2.20. The molecule has 1 aromatic heterocycles. The van der Waals surface area contributed by atoms with E-state index < -0.39 is 16.1 Å². The van der Waals surface area contributed by atoms with Crippen LogP contribution in [0.4, 0.5) is 0 Å². The molecule has 2 aromatic carbocycles. The molecule has 0 saturated carbocycles. The van der Waals surface area contributed by atoms with Crippen LogP contribution >= 0.6 is 23.1 Å². The molecule has 0 N–H and O–H groups in total. The number of ether oxygens (including phenoxy) is 1. The van der Waals surface area contributed by atoms with Crippen molar-refractivity contribution in [3.8, 4) is 0 Å². The van der Waals surface area contributed by atoms with Gasteiger partial charge in [0.25, 0.3) is 0 Å². The molecule has 0 aliphatic carbocycles.